The highest BCUT2D eigenvalue weighted by molar-refractivity contribution is 14.1. The number of carbonyl (C=O) groups excluding carboxylic acids is 1. The van der Waals surface area contributed by atoms with Crippen LogP contribution in [0.3, 0.4) is 0 Å². The molecule has 1 aliphatic rings. The molecule has 5 nitrogen and oxygen atoms in total. The minimum Gasteiger partial charge on any atom is -0.493 e. The molecule has 0 radical (unpaired) electrons. The number of para-hydroxylation sites is 2. The molecule has 0 unspecified atom stereocenters. The largest absolute Gasteiger partial charge is 0.493 e. The number of amidine groups is 1. The van der Waals surface area contributed by atoms with E-state index in [4.69, 9.17) is 14.5 Å². The number of rotatable bonds is 7. The van der Waals surface area contributed by atoms with E-state index in [-0.39, 0.29) is 18.3 Å². The van der Waals surface area contributed by atoms with E-state index in [0.717, 1.165) is 20.5 Å². The van der Waals surface area contributed by atoms with Crippen LogP contribution in [-0.4, -0.2) is 18.2 Å². The second-order valence-corrected chi connectivity index (χ2v) is 10.4. The highest BCUT2D eigenvalue weighted by atomic mass is 127. The number of halogens is 2. The van der Waals surface area contributed by atoms with Crippen LogP contribution in [0.25, 0.3) is 6.08 Å². The number of ether oxygens (including phenoxy) is 2. The third-order valence-electron chi connectivity index (χ3n) is 5.62. The molecule has 1 heterocycles. The van der Waals surface area contributed by atoms with Crippen molar-refractivity contribution in [2.45, 2.75) is 6.61 Å². The molecule has 0 spiro atoms. The number of nitrogens with zero attached hydrogens (tertiary/aromatic N) is 2. The molecule has 1 saturated heterocycles. The van der Waals surface area contributed by atoms with Gasteiger partial charge in [-0.05, 0) is 100 Å². The summed E-state index contributed by atoms with van der Waals surface area (Å²) in [7, 11) is 1.56. The van der Waals surface area contributed by atoms with Gasteiger partial charge in [0.1, 0.15) is 12.4 Å². The minimum absolute atomic E-state index is 0.156. The number of aliphatic imine (C=N–C) groups is 1. The van der Waals surface area contributed by atoms with Gasteiger partial charge in [0.05, 0.1) is 27.0 Å². The van der Waals surface area contributed by atoms with Crippen LogP contribution in [0.5, 0.6) is 11.5 Å². The van der Waals surface area contributed by atoms with E-state index in [1.165, 1.54) is 23.9 Å². The summed E-state index contributed by atoms with van der Waals surface area (Å²) in [6, 6.07) is 29.1. The van der Waals surface area contributed by atoms with Crippen LogP contribution in [0.4, 0.5) is 15.8 Å². The summed E-state index contributed by atoms with van der Waals surface area (Å²) in [5.74, 6) is 0.611. The van der Waals surface area contributed by atoms with Crippen molar-refractivity contribution >= 4 is 62.9 Å². The SMILES string of the molecule is COc1cc(/C=C2/SC(=Nc3ccccc3)N(c3ccccc3)C2=O)cc(I)c1OCc1cccc(F)c1. The summed E-state index contributed by atoms with van der Waals surface area (Å²) in [5, 5.41) is 0.579. The monoisotopic (exact) mass is 636 g/mol. The van der Waals surface area contributed by atoms with Crippen molar-refractivity contribution in [2.75, 3.05) is 12.0 Å². The Bertz CT molecular complexity index is 1530. The third-order valence-corrected chi connectivity index (χ3v) is 7.39. The average molecular weight is 636 g/mol. The lowest BCUT2D eigenvalue weighted by atomic mass is 10.1. The maximum Gasteiger partial charge on any atom is 0.271 e. The zero-order chi connectivity index (χ0) is 26.5. The van der Waals surface area contributed by atoms with E-state index in [2.05, 4.69) is 22.6 Å². The molecular weight excluding hydrogens is 614 g/mol. The zero-order valence-electron chi connectivity index (χ0n) is 20.3. The Hall–Kier alpha value is -3.63. The van der Waals surface area contributed by atoms with E-state index in [1.807, 2.05) is 78.9 Å². The number of hydrogen-bond acceptors (Lipinski definition) is 5. The van der Waals surface area contributed by atoms with Crippen molar-refractivity contribution in [1.29, 1.82) is 0 Å². The molecule has 1 aliphatic heterocycles. The first-order valence-corrected chi connectivity index (χ1v) is 13.6. The summed E-state index contributed by atoms with van der Waals surface area (Å²) in [6.07, 6.45) is 1.83. The molecule has 8 heteroatoms. The number of methoxy groups -OCH3 is 1. The van der Waals surface area contributed by atoms with Crippen molar-refractivity contribution in [1.82, 2.24) is 0 Å². The number of hydrogen-bond donors (Lipinski definition) is 0. The summed E-state index contributed by atoms with van der Waals surface area (Å²) in [5.41, 5.74) is 3.01. The van der Waals surface area contributed by atoms with Gasteiger partial charge in [-0.15, -0.1) is 0 Å². The lowest BCUT2D eigenvalue weighted by Gasteiger charge is -2.15. The van der Waals surface area contributed by atoms with Gasteiger partial charge in [-0.3, -0.25) is 9.69 Å². The van der Waals surface area contributed by atoms with Crippen molar-refractivity contribution in [3.05, 3.63) is 122 Å². The standard InChI is InChI=1S/C30H22FIN2O3S/c1-36-26-17-21(16-25(32)28(26)37-19-20-9-8-10-22(31)15-20)18-27-29(35)34(24-13-6-3-7-14-24)30(38-27)33-23-11-4-2-5-12-23/h2-18H,19H2,1H3/b27-18+,33-30?. The molecular formula is C30H22FIN2O3S. The molecule has 4 aromatic carbocycles. The molecule has 0 aliphatic carbocycles. The minimum atomic E-state index is -0.312. The highest BCUT2D eigenvalue weighted by Crippen LogP contribution is 2.39. The molecule has 0 N–H and O–H groups in total. The van der Waals surface area contributed by atoms with Crippen LogP contribution in [0.2, 0.25) is 0 Å². The van der Waals surface area contributed by atoms with Crippen molar-refractivity contribution < 1.29 is 18.7 Å². The average Bonchev–Trinajstić information content (AvgIpc) is 3.22. The fraction of sp³-hybridized carbons (Fsp3) is 0.0667. The molecule has 0 aromatic heterocycles. The number of thioether (sulfide) groups is 1. The van der Waals surface area contributed by atoms with Gasteiger partial charge in [0.2, 0.25) is 0 Å². The Labute approximate surface area is 238 Å². The van der Waals surface area contributed by atoms with Gasteiger partial charge in [0, 0.05) is 0 Å². The van der Waals surface area contributed by atoms with Crippen molar-refractivity contribution in [2.24, 2.45) is 4.99 Å². The third kappa shape index (κ3) is 5.92. The summed E-state index contributed by atoms with van der Waals surface area (Å²) in [6.45, 7) is 0.199. The molecule has 0 atom stereocenters. The van der Waals surface area contributed by atoms with Gasteiger partial charge in [0.25, 0.3) is 5.91 Å². The van der Waals surface area contributed by atoms with E-state index >= 15 is 0 Å². The highest BCUT2D eigenvalue weighted by Gasteiger charge is 2.34. The van der Waals surface area contributed by atoms with Crippen LogP contribution in [0.1, 0.15) is 11.1 Å². The summed E-state index contributed by atoms with van der Waals surface area (Å²) in [4.78, 5) is 20.5. The van der Waals surface area contributed by atoms with Gasteiger partial charge in [0.15, 0.2) is 16.7 Å². The summed E-state index contributed by atoms with van der Waals surface area (Å²) >= 11 is 3.50. The van der Waals surface area contributed by atoms with Crippen LogP contribution >= 0.6 is 34.4 Å². The van der Waals surface area contributed by atoms with E-state index in [1.54, 1.807) is 24.1 Å². The fourth-order valence-electron chi connectivity index (χ4n) is 3.86. The first kappa shape index (κ1) is 26.0. The van der Waals surface area contributed by atoms with Gasteiger partial charge < -0.3 is 9.47 Å². The Balaban J connectivity index is 1.46. The maximum absolute atomic E-state index is 13.6. The molecule has 190 valence electrons. The second-order valence-electron chi connectivity index (χ2n) is 8.27. The zero-order valence-corrected chi connectivity index (χ0v) is 23.3. The molecule has 0 bridgehead atoms. The number of anilines is 1. The van der Waals surface area contributed by atoms with Crippen LogP contribution in [0, 0.1) is 9.39 Å². The Morgan fingerprint density at radius 1 is 0.974 bits per heavy atom. The fourth-order valence-corrected chi connectivity index (χ4v) is 5.65. The lowest BCUT2D eigenvalue weighted by Crippen LogP contribution is -2.28. The smallest absolute Gasteiger partial charge is 0.271 e. The first-order chi connectivity index (χ1) is 18.5. The summed E-state index contributed by atoms with van der Waals surface area (Å²) < 4.78 is 25.9. The Morgan fingerprint density at radius 2 is 1.71 bits per heavy atom. The molecule has 0 saturated carbocycles. The first-order valence-electron chi connectivity index (χ1n) is 11.7. The molecule has 1 fully saturated rings. The molecule has 38 heavy (non-hydrogen) atoms. The van der Waals surface area contributed by atoms with E-state index < -0.39 is 0 Å². The van der Waals surface area contributed by atoms with Crippen molar-refractivity contribution in [3.63, 3.8) is 0 Å². The van der Waals surface area contributed by atoms with Gasteiger partial charge in [-0.25, -0.2) is 9.38 Å². The van der Waals surface area contributed by atoms with Crippen LogP contribution < -0.4 is 14.4 Å². The predicted octanol–water partition coefficient (Wildman–Crippen LogP) is 7.83. The van der Waals surface area contributed by atoms with Crippen LogP contribution in [0.15, 0.2) is 107 Å². The van der Waals surface area contributed by atoms with Gasteiger partial charge >= 0.3 is 0 Å². The topological polar surface area (TPSA) is 51.1 Å². The number of benzene rings is 4. The molecule has 1 amide bonds. The quantitative estimate of drug-likeness (QED) is 0.153. The maximum atomic E-state index is 13.6. The Kier molecular flexibility index (Phi) is 8.09. The lowest BCUT2D eigenvalue weighted by molar-refractivity contribution is -0.113. The normalized spacial score (nSPS) is 15.3. The Morgan fingerprint density at radius 3 is 2.42 bits per heavy atom. The molecule has 5 rings (SSSR count). The van der Waals surface area contributed by atoms with Crippen molar-refractivity contribution in [3.8, 4) is 11.5 Å². The number of amides is 1. The molecule has 4 aromatic rings. The van der Waals surface area contributed by atoms with Crippen LogP contribution in [-0.2, 0) is 11.4 Å². The second kappa shape index (κ2) is 11.8. The number of carbonyl (C=O) groups is 1. The van der Waals surface area contributed by atoms with Gasteiger partial charge in [-0.2, -0.15) is 0 Å². The van der Waals surface area contributed by atoms with Gasteiger partial charge in [-0.1, -0.05) is 48.5 Å². The predicted molar refractivity (Wildman–Crippen MR) is 159 cm³/mol. The van der Waals surface area contributed by atoms with E-state index in [9.17, 15) is 9.18 Å². The van der Waals surface area contributed by atoms with E-state index in [0.29, 0.717) is 27.1 Å².